The minimum atomic E-state index is -3.90. The Bertz CT molecular complexity index is 1620. The number of carbonyl (C=O) groups excluding carboxylic acids is 1. The van der Waals surface area contributed by atoms with E-state index >= 15 is 0 Å². The number of aryl methyl sites for hydroxylation is 2. The van der Waals surface area contributed by atoms with Crippen LogP contribution in [0.15, 0.2) is 71.2 Å². The van der Waals surface area contributed by atoms with Gasteiger partial charge in [0.1, 0.15) is 5.56 Å². The minimum Gasteiger partial charge on any atom is -0.322 e. The summed E-state index contributed by atoms with van der Waals surface area (Å²) in [5, 5.41) is 9.07. The smallest absolute Gasteiger partial charge is 0.264 e. The van der Waals surface area contributed by atoms with E-state index in [-0.39, 0.29) is 10.8 Å². The van der Waals surface area contributed by atoms with Gasteiger partial charge in [0.15, 0.2) is 5.65 Å². The van der Waals surface area contributed by atoms with Crippen LogP contribution in [0.2, 0.25) is 0 Å². The second-order valence-electron chi connectivity index (χ2n) is 7.66. The van der Waals surface area contributed by atoms with Crippen LogP contribution in [0.4, 0.5) is 11.6 Å². The zero-order chi connectivity index (χ0) is 24.6. The molecule has 0 unspecified atom stereocenters. The van der Waals surface area contributed by atoms with Gasteiger partial charge in [-0.3, -0.25) is 4.79 Å². The van der Waals surface area contributed by atoms with Gasteiger partial charge in [-0.15, -0.1) is 11.3 Å². The molecule has 0 aliphatic carbocycles. The Labute approximate surface area is 204 Å². The number of benzene rings is 1. The summed E-state index contributed by atoms with van der Waals surface area (Å²) >= 11 is 1.56. The maximum atomic E-state index is 12.9. The molecule has 0 atom stereocenters. The fraction of sp³-hybridized carbons (Fsp3) is 0.0870. The third-order valence-corrected chi connectivity index (χ3v) is 7.29. The van der Waals surface area contributed by atoms with Gasteiger partial charge in [-0.2, -0.15) is 5.10 Å². The van der Waals surface area contributed by atoms with Crippen LogP contribution in [0.3, 0.4) is 0 Å². The molecule has 35 heavy (non-hydrogen) atoms. The summed E-state index contributed by atoms with van der Waals surface area (Å²) in [5.74, 6) is -0.407. The monoisotopic (exact) mass is 505 g/mol. The topological polar surface area (TPSA) is 131 Å². The standard InChI is InChI=1S/C23H19N7O3S2/c1-14-12-15(2)27-23(26-14)29-35(32,33)17-7-5-16(6-8-17)28-22(31)18-13-25-30-19(9-10-24-21(18)30)20-4-3-11-34-20/h3-13H,1-2H3,(H,28,31)(H,26,27,29). The molecule has 0 saturated heterocycles. The molecule has 0 bridgehead atoms. The van der Waals surface area contributed by atoms with Crippen molar-refractivity contribution in [3.05, 3.63) is 83.3 Å². The molecular formula is C23H19N7O3S2. The van der Waals surface area contributed by atoms with Crippen LogP contribution < -0.4 is 10.0 Å². The first-order valence-corrected chi connectivity index (χ1v) is 12.8. The zero-order valence-electron chi connectivity index (χ0n) is 18.6. The second kappa shape index (κ2) is 8.89. The third kappa shape index (κ3) is 4.61. The molecule has 1 aromatic carbocycles. The number of nitrogens with one attached hydrogen (secondary N) is 2. The number of anilines is 2. The second-order valence-corrected chi connectivity index (χ2v) is 10.3. The summed E-state index contributed by atoms with van der Waals surface area (Å²) in [6, 6.07) is 13.3. The molecule has 12 heteroatoms. The Morgan fingerprint density at radius 2 is 1.77 bits per heavy atom. The van der Waals surface area contributed by atoms with E-state index in [1.807, 2.05) is 23.6 Å². The highest BCUT2D eigenvalue weighted by atomic mass is 32.2. The van der Waals surface area contributed by atoms with E-state index in [4.69, 9.17) is 0 Å². The minimum absolute atomic E-state index is 0.00221. The number of sulfonamides is 1. The normalized spacial score (nSPS) is 11.5. The summed E-state index contributed by atoms with van der Waals surface area (Å²) in [5.41, 5.74) is 3.28. The van der Waals surface area contributed by atoms with E-state index in [0.29, 0.717) is 28.3 Å². The zero-order valence-corrected chi connectivity index (χ0v) is 20.3. The first kappa shape index (κ1) is 22.6. The van der Waals surface area contributed by atoms with E-state index in [2.05, 4.69) is 30.1 Å². The summed E-state index contributed by atoms with van der Waals surface area (Å²) in [7, 11) is -3.90. The SMILES string of the molecule is Cc1cc(C)nc(NS(=O)(=O)c2ccc(NC(=O)c3cnn4c(-c5cccs5)ccnc34)cc2)n1. The maximum Gasteiger partial charge on any atom is 0.264 e. The lowest BCUT2D eigenvalue weighted by Gasteiger charge is -2.09. The van der Waals surface area contributed by atoms with E-state index in [1.165, 1.54) is 30.5 Å². The number of fused-ring (bicyclic) bond motifs is 1. The van der Waals surface area contributed by atoms with Crippen LogP contribution in [-0.2, 0) is 10.0 Å². The van der Waals surface area contributed by atoms with Gasteiger partial charge in [0.05, 0.1) is 21.7 Å². The predicted octanol–water partition coefficient (Wildman–Crippen LogP) is 3.92. The largest absolute Gasteiger partial charge is 0.322 e. The molecule has 176 valence electrons. The van der Waals surface area contributed by atoms with E-state index in [0.717, 1.165) is 10.6 Å². The van der Waals surface area contributed by atoms with Gasteiger partial charge in [0.2, 0.25) is 5.95 Å². The Kier molecular flexibility index (Phi) is 5.75. The van der Waals surface area contributed by atoms with Crippen LogP contribution in [0.1, 0.15) is 21.7 Å². The fourth-order valence-corrected chi connectivity index (χ4v) is 5.21. The van der Waals surface area contributed by atoms with Crippen LogP contribution in [-0.4, -0.2) is 38.9 Å². The van der Waals surface area contributed by atoms with Gasteiger partial charge in [-0.1, -0.05) is 6.07 Å². The number of aromatic nitrogens is 5. The number of rotatable bonds is 6. The molecule has 10 nitrogen and oxygen atoms in total. The molecule has 0 spiro atoms. The molecule has 0 radical (unpaired) electrons. The molecular weight excluding hydrogens is 486 g/mol. The van der Waals surface area contributed by atoms with Crippen molar-refractivity contribution in [2.24, 2.45) is 0 Å². The Balaban J connectivity index is 1.35. The number of hydrogen-bond donors (Lipinski definition) is 2. The number of hydrogen-bond acceptors (Lipinski definition) is 8. The maximum absolute atomic E-state index is 12.9. The van der Waals surface area contributed by atoms with E-state index in [1.54, 1.807) is 42.0 Å². The molecule has 5 aromatic rings. The molecule has 4 aromatic heterocycles. The van der Waals surface area contributed by atoms with E-state index in [9.17, 15) is 13.2 Å². The van der Waals surface area contributed by atoms with Crippen molar-refractivity contribution in [1.82, 2.24) is 24.6 Å². The average molecular weight is 506 g/mol. The van der Waals surface area contributed by atoms with Crippen molar-refractivity contribution in [2.75, 3.05) is 10.0 Å². The number of thiophene rings is 1. The number of carbonyl (C=O) groups is 1. The van der Waals surface area contributed by atoms with Gasteiger partial charge in [0.25, 0.3) is 15.9 Å². The highest BCUT2D eigenvalue weighted by molar-refractivity contribution is 7.92. The van der Waals surface area contributed by atoms with Crippen molar-refractivity contribution < 1.29 is 13.2 Å². The molecule has 0 aliphatic rings. The molecule has 4 heterocycles. The van der Waals surface area contributed by atoms with Crippen molar-refractivity contribution >= 4 is 44.6 Å². The summed E-state index contributed by atoms with van der Waals surface area (Å²) in [6.45, 7) is 3.51. The lowest BCUT2D eigenvalue weighted by Crippen LogP contribution is -2.16. The first-order chi connectivity index (χ1) is 16.8. The highest BCUT2D eigenvalue weighted by Gasteiger charge is 2.19. The van der Waals surface area contributed by atoms with Crippen LogP contribution in [0, 0.1) is 13.8 Å². The molecule has 0 fully saturated rings. The van der Waals surface area contributed by atoms with Crippen molar-refractivity contribution in [3.63, 3.8) is 0 Å². The summed E-state index contributed by atoms with van der Waals surface area (Å²) in [4.78, 5) is 26.5. The fourth-order valence-electron chi connectivity index (χ4n) is 3.53. The van der Waals surface area contributed by atoms with Gasteiger partial charge in [0, 0.05) is 23.3 Å². The predicted molar refractivity (Wildman–Crippen MR) is 133 cm³/mol. The molecule has 0 saturated carbocycles. The first-order valence-electron chi connectivity index (χ1n) is 10.4. The van der Waals surface area contributed by atoms with Crippen molar-refractivity contribution in [3.8, 4) is 10.6 Å². The van der Waals surface area contributed by atoms with E-state index < -0.39 is 15.9 Å². The number of amides is 1. The summed E-state index contributed by atoms with van der Waals surface area (Å²) < 4.78 is 29.4. The molecule has 2 N–H and O–H groups in total. The van der Waals surface area contributed by atoms with Gasteiger partial charge >= 0.3 is 0 Å². The van der Waals surface area contributed by atoms with Crippen LogP contribution >= 0.6 is 11.3 Å². The van der Waals surface area contributed by atoms with Gasteiger partial charge in [-0.05, 0) is 61.7 Å². The van der Waals surface area contributed by atoms with Crippen LogP contribution in [0.5, 0.6) is 0 Å². The lowest BCUT2D eigenvalue weighted by atomic mass is 10.2. The van der Waals surface area contributed by atoms with Gasteiger partial charge < -0.3 is 5.32 Å². The molecule has 5 rings (SSSR count). The van der Waals surface area contributed by atoms with Gasteiger partial charge in [-0.25, -0.2) is 32.6 Å². The number of nitrogens with zero attached hydrogens (tertiary/aromatic N) is 5. The van der Waals surface area contributed by atoms with Crippen LogP contribution in [0.25, 0.3) is 16.2 Å². The molecule has 0 aliphatic heterocycles. The van der Waals surface area contributed by atoms with Crippen molar-refractivity contribution in [1.29, 1.82) is 0 Å². The third-order valence-electron chi connectivity index (χ3n) is 5.05. The average Bonchev–Trinajstić information content (AvgIpc) is 3.48. The highest BCUT2D eigenvalue weighted by Crippen LogP contribution is 2.25. The van der Waals surface area contributed by atoms with Crippen molar-refractivity contribution in [2.45, 2.75) is 18.7 Å². The molecule has 1 amide bonds. The Morgan fingerprint density at radius 1 is 1.03 bits per heavy atom. The summed E-state index contributed by atoms with van der Waals surface area (Å²) in [6.07, 6.45) is 3.09. The quantitative estimate of drug-likeness (QED) is 0.358. The lowest BCUT2D eigenvalue weighted by molar-refractivity contribution is 0.102. The Hall–Kier alpha value is -4.16. The Morgan fingerprint density at radius 3 is 2.46 bits per heavy atom.